The molecule has 1 heterocycles. The summed E-state index contributed by atoms with van der Waals surface area (Å²) in [6, 6.07) is 2.85. The number of amides is 1. The molecule has 0 spiro atoms. The number of hydrogen-bond acceptors (Lipinski definition) is 2. The lowest BCUT2D eigenvalue weighted by molar-refractivity contribution is -0.117. The maximum Gasteiger partial charge on any atom is 0.232 e. The van der Waals surface area contributed by atoms with E-state index in [0.717, 1.165) is 16.8 Å². The van der Waals surface area contributed by atoms with E-state index in [2.05, 4.69) is 5.32 Å². The lowest BCUT2D eigenvalue weighted by Gasteiger charge is -2.11. The average Bonchev–Trinajstić information content (AvgIpc) is 2.53. The summed E-state index contributed by atoms with van der Waals surface area (Å²) in [4.78, 5) is 11.7. The van der Waals surface area contributed by atoms with E-state index in [1.165, 1.54) is 12.1 Å². The Morgan fingerprint density at radius 3 is 2.82 bits per heavy atom. The van der Waals surface area contributed by atoms with Gasteiger partial charge < -0.3 is 11.1 Å². The Hall–Kier alpha value is -1.42. The van der Waals surface area contributed by atoms with Gasteiger partial charge in [0.1, 0.15) is 5.82 Å². The van der Waals surface area contributed by atoms with Gasteiger partial charge >= 0.3 is 0 Å². The maximum absolute atomic E-state index is 13.5. The molecule has 2 rings (SSSR count). The number of carbonyl (C=O) groups excluding carboxylic acids is 1. The molecule has 17 heavy (non-hydrogen) atoms. The van der Waals surface area contributed by atoms with Crippen LogP contribution in [-0.2, 0) is 11.2 Å². The minimum atomic E-state index is -0.297. The zero-order chi connectivity index (χ0) is 12.6. The van der Waals surface area contributed by atoms with E-state index in [1.54, 1.807) is 0 Å². The smallest absolute Gasteiger partial charge is 0.232 e. The van der Waals surface area contributed by atoms with Crippen LogP contribution in [0, 0.1) is 5.82 Å². The highest BCUT2D eigenvalue weighted by Crippen LogP contribution is 2.38. The molecule has 0 fully saturated rings. The summed E-state index contributed by atoms with van der Waals surface area (Å²) in [5, 5.41) is 2.84. The second-order valence-electron chi connectivity index (χ2n) is 4.66. The predicted molar refractivity (Wildman–Crippen MR) is 65.4 cm³/mol. The van der Waals surface area contributed by atoms with Crippen LogP contribution in [0.2, 0.25) is 0 Å². The van der Waals surface area contributed by atoms with Crippen LogP contribution in [0.5, 0.6) is 0 Å². The lowest BCUT2D eigenvalue weighted by Crippen LogP contribution is -2.18. The zero-order valence-corrected chi connectivity index (χ0v) is 10.1. The van der Waals surface area contributed by atoms with E-state index in [4.69, 9.17) is 5.73 Å². The van der Waals surface area contributed by atoms with Crippen molar-refractivity contribution < 1.29 is 9.18 Å². The SMILES string of the molecule is CCC1C(=O)Nc2c(CC(C)N)cc(F)cc21. The molecule has 2 atom stereocenters. The van der Waals surface area contributed by atoms with Gasteiger partial charge in [-0.1, -0.05) is 6.92 Å². The van der Waals surface area contributed by atoms with Gasteiger partial charge in [0.2, 0.25) is 5.91 Å². The summed E-state index contributed by atoms with van der Waals surface area (Å²) in [5.74, 6) is -0.569. The zero-order valence-electron chi connectivity index (χ0n) is 10.1. The Balaban J connectivity index is 2.48. The number of fused-ring (bicyclic) bond motifs is 1. The molecule has 0 aromatic heterocycles. The fourth-order valence-electron chi connectivity index (χ4n) is 2.38. The van der Waals surface area contributed by atoms with E-state index in [0.29, 0.717) is 12.8 Å². The second-order valence-corrected chi connectivity index (χ2v) is 4.66. The molecular weight excluding hydrogens is 219 g/mol. The number of benzene rings is 1. The topological polar surface area (TPSA) is 55.1 Å². The molecule has 1 aromatic carbocycles. The third kappa shape index (κ3) is 2.17. The van der Waals surface area contributed by atoms with Crippen molar-refractivity contribution in [1.82, 2.24) is 0 Å². The van der Waals surface area contributed by atoms with Crippen LogP contribution >= 0.6 is 0 Å². The number of nitrogens with two attached hydrogens (primary N) is 1. The van der Waals surface area contributed by atoms with E-state index in [1.807, 2.05) is 13.8 Å². The normalized spacial score (nSPS) is 20.0. The van der Waals surface area contributed by atoms with E-state index < -0.39 is 0 Å². The Morgan fingerprint density at radius 2 is 2.24 bits per heavy atom. The fourth-order valence-corrected chi connectivity index (χ4v) is 2.38. The molecule has 1 aliphatic rings. The van der Waals surface area contributed by atoms with Gasteiger partial charge in [0.15, 0.2) is 0 Å². The summed E-state index contributed by atoms with van der Waals surface area (Å²) in [5.41, 5.74) is 8.06. The van der Waals surface area contributed by atoms with Crippen LogP contribution < -0.4 is 11.1 Å². The number of hydrogen-bond donors (Lipinski definition) is 2. The summed E-state index contributed by atoms with van der Waals surface area (Å²) >= 11 is 0. The van der Waals surface area contributed by atoms with Gasteiger partial charge in [0.25, 0.3) is 0 Å². The van der Waals surface area contributed by atoms with Crippen LogP contribution in [0.25, 0.3) is 0 Å². The Labute approximate surface area is 100 Å². The molecular formula is C13H17FN2O. The van der Waals surface area contributed by atoms with Gasteiger partial charge in [-0.25, -0.2) is 4.39 Å². The monoisotopic (exact) mass is 236 g/mol. The third-order valence-electron chi connectivity index (χ3n) is 3.11. The first-order valence-corrected chi connectivity index (χ1v) is 5.91. The first-order valence-electron chi connectivity index (χ1n) is 5.91. The van der Waals surface area contributed by atoms with Gasteiger partial charge in [-0.15, -0.1) is 0 Å². The molecule has 4 heteroatoms. The first-order chi connectivity index (χ1) is 8.02. The summed E-state index contributed by atoms with van der Waals surface area (Å²) in [6.45, 7) is 3.79. The van der Waals surface area contributed by atoms with Crippen molar-refractivity contribution in [3.8, 4) is 0 Å². The molecule has 1 amide bonds. The van der Waals surface area contributed by atoms with Crippen molar-refractivity contribution in [3.05, 3.63) is 29.1 Å². The standard InChI is InChI=1S/C13H17FN2O/c1-3-10-11-6-9(14)5-8(4-7(2)15)12(11)16-13(10)17/h5-7,10H,3-4,15H2,1-2H3,(H,16,17). The highest BCUT2D eigenvalue weighted by Gasteiger charge is 2.31. The molecule has 1 aliphatic heterocycles. The van der Waals surface area contributed by atoms with Crippen LogP contribution in [0.4, 0.5) is 10.1 Å². The number of anilines is 1. The van der Waals surface area contributed by atoms with Crippen molar-refractivity contribution in [2.75, 3.05) is 5.32 Å². The van der Waals surface area contributed by atoms with Crippen molar-refractivity contribution in [1.29, 1.82) is 0 Å². The van der Waals surface area contributed by atoms with Gasteiger partial charge in [-0.2, -0.15) is 0 Å². The molecule has 0 bridgehead atoms. The fraction of sp³-hybridized carbons (Fsp3) is 0.462. The number of carbonyl (C=O) groups is 1. The van der Waals surface area contributed by atoms with Crippen molar-refractivity contribution in [2.24, 2.45) is 5.73 Å². The van der Waals surface area contributed by atoms with Crippen molar-refractivity contribution in [3.63, 3.8) is 0 Å². The van der Waals surface area contributed by atoms with Gasteiger partial charge in [0, 0.05) is 11.7 Å². The molecule has 3 nitrogen and oxygen atoms in total. The number of rotatable bonds is 3. The molecule has 1 aromatic rings. The Kier molecular flexibility index (Phi) is 3.15. The highest BCUT2D eigenvalue weighted by molar-refractivity contribution is 6.03. The Morgan fingerprint density at radius 1 is 1.53 bits per heavy atom. The summed E-state index contributed by atoms with van der Waals surface area (Å²) < 4.78 is 13.5. The number of halogens is 1. The first kappa shape index (κ1) is 12.0. The molecule has 2 unspecified atom stereocenters. The molecule has 92 valence electrons. The third-order valence-corrected chi connectivity index (χ3v) is 3.11. The molecule has 0 saturated carbocycles. The van der Waals surface area contributed by atoms with Crippen LogP contribution in [0.15, 0.2) is 12.1 Å². The van der Waals surface area contributed by atoms with Crippen LogP contribution in [0.3, 0.4) is 0 Å². The van der Waals surface area contributed by atoms with Gasteiger partial charge in [-0.05, 0) is 43.0 Å². The molecule has 3 N–H and O–H groups in total. The number of nitrogens with one attached hydrogen (secondary N) is 1. The Bertz CT molecular complexity index is 457. The van der Waals surface area contributed by atoms with Gasteiger partial charge in [0.05, 0.1) is 5.92 Å². The average molecular weight is 236 g/mol. The minimum Gasteiger partial charge on any atom is -0.328 e. The minimum absolute atomic E-state index is 0.0426. The van der Waals surface area contributed by atoms with Crippen LogP contribution in [-0.4, -0.2) is 11.9 Å². The predicted octanol–water partition coefficient (Wildman–Crippen LogP) is 2.16. The van der Waals surface area contributed by atoms with Crippen molar-refractivity contribution >= 4 is 11.6 Å². The largest absolute Gasteiger partial charge is 0.328 e. The molecule has 0 aliphatic carbocycles. The second kappa shape index (κ2) is 4.45. The quantitative estimate of drug-likeness (QED) is 0.845. The molecule has 0 radical (unpaired) electrons. The van der Waals surface area contributed by atoms with Crippen molar-refractivity contribution in [2.45, 2.75) is 38.6 Å². The van der Waals surface area contributed by atoms with E-state index >= 15 is 0 Å². The van der Waals surface area contributed by atoms with Gasteiger partial charge in [-0.3, -0.25) is 4.79 Å². The summed E-state index contributed by atoms with van der Waals surface area (Å²) in [6.07, 6.45) is 1.25. The van der Waals surface area contributed by atoms with E-state index in [9.17, 15) is 9.18 Å². The summed E-state index contributed by atoms with van der Waals surface area (Å²) in [7, 11) is 0. The molecule has 0 saturated heterocycles. The van der Waals surface area contributed by atoms with Crippen LogP contribution in [0.1, 0.15) is 37.3 Å². The lowest BCUT2D eigenvalue weighted by atomic mass is 9.94. The highest BCUT2D eigenvalue weighted by atomic mass is 19.1. The van der Waals surface area contributed by atoms with E-state index in [-0.39, 0.29) is 23.7 Å². The maximum atomic E-state index is 13.5.